The predicted octanol–water partition coefficient (Wildman–Crippen LogP) is 4.21. The van der Waals surface area contributed by atoms with Gasteiger partial charge in [0.15, 0.2) is 11.5 Å². The summed E-state index contributed by atoms with van der Waals surface area (Å²) in [6, 6.07) is 12.4. The third-order valence-corrected chi connectivity index (χ3v) is 3.87. The van der Waals surface area contributed by atoms with Crippen LogP contribution in [-0.4, -0.2) is 20.1 Å². The van der Waals surface area contributed by atoms with Crippen LogP contribution in [0.4, 0.5) is 5.69 Å². The van der Waals surface area contributed by atoms with Crippen LogP contribution in [0.1, 0.15) is 11.1 Å². The van der Waals surface area contributed by atoms with Crippen molar-refractivity contribution in [2.45, 2.75) is 6.92 Å². The van der Waals surface area contributed by atoms with Crippen LogP contribution in [-0.2, 0) is 4.79 Å². The van der Waals surface area contributed by atoms with E-state index in [9.17, 15) is 10.1 Å². The van der Waals surface area contributed by atoms with Gasteiger partial charge in [-0.2, -0.15) is 5.26 Å². The van der Waals surface area contributed by atoms with Gasteiger partial charge < -0.3 is 14.8 Å². The molecule has 128 valence electrons. The molecule has 0 aliphatic carbocycles. The Hall–Kier alpha value is -2.97. The minimum Gasteiger partial charge on any atom is -0.493 e. The van der Waals surface area contributed by atoms with Crippen LogP contribution in [0.25, 0.3) is 6.08 Å². The minimum absolute atomic E-state index is 0.0779. The quantitative estimate of drug-likeness (QED) is 0.643. The number of para-hydroxylation sites is 2. The molecule has 0 heterocycles. The van der Waals surface area contributed by atoms with Crippen LogP contribution >= 0.6 is 11.6 Å². The Bertz CT molecular complexity index is 849. The number of hydrogen-bond donors (Lipinski definition) is 1. The molecular weight excluding hydrogens is 340 g/mol. The number of halogens is 1. The molecule has 0 saturated heterocycles. The molecule has 0 fully saturated rings. The van der Waals surface area contributed by atoms with Crippen LogP contribution < -0.4 is 14.8 Å². The standard InChI is InChI=1S/C19H17ClN2O3/c1-12-6-4-8-15(20)17(12)22-19(23)14(11-21)10-13-7-5-9-16(24-2)18(13)25-3/h4-10H,1-3H3,(H,22,23)/b14-10+. The molecule has 2 aromatic carbocycles. The van der Waals surface area contributed by atoms with Crippen molar-refractivity contribution in [2.75, 3.05) is 19.5 Å². The van der Waals surface area contributed by atoms with E-state index in [1.54, 1.807) is 30.3 Å². The number of ether oxygens (including phenoxy) is 2. The molecular formula is C19H17ClN2O3. The second-order valence-corrected chi connectivity index (χ2v) is 5.55. The molecule has 0 bridgehead atoms. The number of aryl methyl sites for hydroxylation is 1. The predicted molar refractivity (Wildman–Crippen MR) is 98.0 cm³/mol. The Morgan fingerprint density at radius 3 is 2.52 bits per heavy atom. The number of anilines is 1. The van der Waals surface area contributed by atoms with Crippen molar-refractivity contribution in [3.63, 3.8) is 0 Å². The molecule has 0 aliphatic rings. The van der Waals surface area contributed by atoms with Crippen molar-refractivity contribution in [2.24, 2.45) is 0 Å². The second-order valence-electron chi connectivity index (χ2n) is 5.14. The molecule has 0 spiro atoms. The molecule has 0 aliphatic heterocycles. The summed E-state index contributed by atoms with van der Waals surface area (Å²) in [5, 5.41) is 12.5. The maximum absolute atomic E-state index is 12.5. The van der Waals surface area contributed by atoms with Gasteiger partial charge in [-0.25, -0.2) is 0 Å². The zero-order chi connectivity index (χ0) is 18.4. The molecule has 2 rings (SSSR count). The molecule has 1 N–H and O–H groups in total. The van der Waals surface area contributed by atoms with Gasteiger partial charge in [0.2, 0.25) is 0 Å². The van der Waals surface area contributed by atoms with E-state index in [2.05, 4.69) is 5.32 Å². The van der Waals surface area contributed by atoms with Crippen LogP contribution in [0.3, 0.4) is 0 Å². The molecule has 0 saturated carbocycles. The van der Waals surface area contributed by atoms with Gasteiger partial charge in [0.1, 0.15) is 11.6 Å². The van der Waals surface area contributed by atoms with Gasteiger partial charge in [0.25, 0.3) is 5.91 Å². The number of carbonyl (C=O) groups excluding carboxylic acids is 1. The smallest absolute Gasteiger partial charge is 0.266 e. The van der Waals surface area contributed by atoms with E-state index in [1.165, 1.54) is 20.3 Å². The normalized spacial score (nSPS) is 10.8. The van der Waals surface area contributed by atoms with E-state index in [0.717, 1.165) is 5.56 Å². The number of rotatable bonds is 5. The summed E-state index contributed by atoms with van der Waals surface area (Å²) < 4.78 is 10.5. The molecule has 0 aromatic heterocycles. The number of benzene rings is 2. The number of methoxy groups -OCH3 is 2. The highest BCUT2D eigenvalue weighted by molar-refractivity contribution is 6.34. The first-order valence-corrected chi connectivity index (χ1v) is 7.78. The highest BCUT2D eigenvalue weighted by Gasteiger charge is 2.15. The first-order chi connectivity index (χ1) is 12.0. The monoisotopic (exact) mass is 356 g/mol. The molecule has 25 heavy (non-hydrogen) atoms. The summed E-state index contributed by atoms with van der Waals surface area (Å²) in [5.41, 5.74) is 1.76. The average Bonchev–Trinajstić information content (AvgIpc) is 2.62. The molecule has 0 radical (unpaired) electrons. The maximum atomic E-state index is 12.5. The summed E-state index contributed by atoms with van der Waals surface area (Å²) in [7, 11) is 3.01. The summed E-state index contributed by atoms with van der Waals surface area (Å²) in [6.45, 7) is 1.82. The van der Waals surface area contributed by atoms with Crippen molar-refractivity contribution in [1.29, 1.82) is 5.26 Å². The maximum Gasteiger partial charge on any atom is 0.266 e. The number of amides is 1. The largest absolute Gasteiger partial charge is 0.493 e. The third kappa shape index (κ3) is 4.11. The summed E-state index contributed by atoms with van der Waals surface area (Å²) in [5.74, 6) is 0.402. The number of carbonyl (C=O) groups is 1. The Kier molecular flexibility index (Phi) is 6.04. The topological polar surface area (TPSA) is 71.3 Å². The highest BCUT2D eigenvalue weighted by Crippen LogP contribution is 2.32. The summed E-state index contributed by atoms with van der Waals surface area (Å²) >= 11 is 6.12. The van der Waals surface area contributed by atoms with Gasteiger partial charge in [-0.3, -0.25) is 4.79 Å². The Morgan fingerprint density at radius 1 is 1.20 bits per heavy atom. The Balaban J connectivity index is 2.39. The number of nitrogens with zero attached hydrogens (tertiary/aromatic N) is 1. The number of nitrogens with one attached hydrogen (secondary N) is 1. The number of hydrogen-bond acceptors (Lipinski definition) is 4. The average molecular weight is 357 g/mol. The lowest BCUT2D eigenvalue weighted by Crippen LogP contribution is -2.14. The first kappa shape index (κ1) is 18.4. The summed E-state index contributed by atoms with van der Waals surface area (Å²) in [6.07, 6.45) is 1.45. The third-order valence-electron chi connectivity index (χ3n) is 3.56. The van der Waals surface area contributed by atoms with E-state index >= 15 is 0 Å². The SMILES string of the molecule is COc1cccc(/C=C(\C#N)C(=O)Nc2c(C)cccc2Cl)c1OC. The van der Waals surface area contributed by atoms with Crippen LogP contribution in [0.5, 0.6) is 11.5 Å². The van der Waals surface area contributed by atoms with E-state index < -0.39 is 5.91 Å². The molecule has 0 unspecified atom stereocenters. The van der Waals surface area contributed by atoms with E-state index in [0.29, 0.717) is 27.8 Å². The van der Waals surface area contributed by atoms with Gasteiger partial charge in [0.05, 0.1) is 24.9 Å². The van der Waals surface area contributed by atoms with Crippen LogP contribution in [0.2, 0.25) is 5.02 Å². The van der Waals surface area contributed by atoms with E-state index in [-0.39, 0.29) is 5.57 Å². The van der Waals surface area contributed by atoms with Crippen molar-refractivity contribution >= 4 is 29.3 Å². The number of nitriles is 1. The van der Waals surface area contributed by atoms with E-state index in [1.807, 2.05) is 19.1 Å². The van der Waals surface area contributed by atoms with Crippen molar-refractivity contribution in [3.8, 4) is 17.6 Å². The highest BCUT2D eigenvalue weighted by atomic mass is 35.5. The van der Waals surface area contributed by atoms with Gasteiger partial charge in [-0.1, -0.05) is 35.9 Å². The van der Waals surface area contributed by atoms with Gasteiger partial charge >= 0.3 is 0 Å². The van der Waals surface area contributed by atoms with Gasteiger partial charge in [-0.05, 0) is 30.7 Å². The summed E-state index contributed by atoms with van der Waals surface area (Å²) in [4.78, 5) is 12.5. The minimum atomic E-state index is -0.552. The van der Waals surface area contributed by atoms with E-state index in [4.69, 9.17) is 21.1 Å². The van der Waals surface area contributed by atoms with Gasteiger partial charge in [0, 0.05) is 5.56 Å². The fourth-order valence-electron chi connectivity index (χ4n) is 2.30. The lowest BCUT2D eigenvalue weighted by molar-refractivity contribution is -0.112. The lowest BCUT2D eigenvalue weighted by atomic mass is 10.1. The first-order valence-electron chi connectivity index (χ1n) is 7.41. The van der Waals surface area contributed by atoms with Crippen LogP contribution in [0, 0.1) is 18.3 Å². The van der Waals surface area contributed by atoms with Gasteiger partial charge in [-0.15, -0.1) is 0 Å². The Labute approximate surface area is 151 Å². The Morgan fingerprint density at radius 2 is 1.92 bits per heavy atom. The zero-order valence-corrected chi connectivity index (χ0v) is 14.8. The molecule has 0 atom stereocenters. The molecule has 5 nitrogen and oxygen atoms in total. The van der Waals surface area contributed by atoms with Crippen LogP contribution in [0.15, 0.2) is 42.0 Å². The molecule has 6 heteroatoms. The molecule has 1 amide bonds. The fraction of sp³-hybridized carbons (Fsp3) is 0.158. The zero-order valence-electron chi connectivity index (χ0n) is 14.1. The van der Waals surface area contributed by atoms with Crippen molar-refractivity contribution < 1.29 is 14.3 Å². The second kappa shape index (κ2) is 8.22. The van der Waals surface area contributed by atoms with Crippen molar-refractivity contribution in [3.05, 3.63) is 58.1 Å². The fourth-order valence-corrected chi connectivity index (χ4v) is 2.57. The lowest BCUT2D eigenvalue weighted by Gasteiger charge is -2.11. The van der Waals surface area contributed by atoms with Crippen molar-refractivity contribution in [1.82, 2.24) is 0 Å². The molecule has 2 aromatic rings.